The van der Waals surface area contributed by atoms with Gasteiger partial charge < -0.3 is 23.6 Å². The summed E-state index contributed by atoms with van der Waals surface area (Å²) in [5, 5.41) is 6.11. The van der Waals surface area contributed by atoms with Crippen molar-refractivity contribution in [2.24, 2.45) is 5.16 Å². The van der Waals surface area contributed by atoms with Crippen molar-refractivity contribution in [2.45, 2.75) is 64.6 Å². The molecule has 2 aliphatic rings. The fourth-order valence-electron chi connectivity index (χ4n) is 5.04. The molecule has 1 amide bonds. The van der Waals surface area contributed by atoms with Crippen molar-refractivity contribution in [1.82, 2.24) is 14.9 Å². The summed E-state index contributed by atoms with van der Waals surface area (Å²) in [5.74, 6) is -0.540. The lowest BCUT2D eigenvalue weighted by atomic mass is 10.0. The normalized spacial score (nSPS) is 20.1. The number of anilines is 1. The molecule has 39 heavy (non-hydrogen) atoms. The van der Waals surface area contributed by atoms with Gasteiger partial charge in [0.05, 0.1) is 23.4 Å². The fraction of sp³-hybridized carbons (Fsp3) is 0.520. The van der Waals surface area contributed by atoms with E-state index in [-0.39, 0.29) is 46.6 Å². The molecule has 2 atom stereocenters. The van der Waals surface area contributed by atoms with E-state index in [1.54, 1.807) is 16.5 Å². The molecule has 2 aromatic heterocycles. The topological polar surface area (TPSA) is 103 Å². The number of alkyl halides is 3. The summed E-state index contributed by atoms with van der Waals surface area (Å²) in [6, 6.07) is 1.32. The second-order valence-electron chi connectivity index (χ2n) is 10.4. The van der Waals surface area contributed by atoms with Crippen LogP contribution in [0.25, 0.3) is 21.7 Å². The monoisotopic (exact) mass is 567 g/mol. The summed E-state index contributed by atoms with van der Waals surface area (Å²) in [6.45, 7) is 7.73. The number of rotatable bonds is 5. The molecule has 0 saturated carbocycles. The van der Waals surface area contributed by atoms with Crippen LogP contribution in [0.2, 0.25) is 0 Å². The van der Waals surface area contributed by atoms with Crippen molar-refractivity contribution in [2.75, 3.05) is 25.1 Å². The van der Waals surface area contributed by atoms with E-state index in [2.05, 4.69) is 19.9 Å². The molecule has 2 fully saturated rings. The molecule has 5 rings (SSSR count). The first-order valence-corrected chi connectivity index (χ1v) is 13.2. The highest BCUT2D eigenvalue weighted by atomic mass is 32.1. The number of oxazole rings is 1. The SMILES string of the molecule is CO/N=C(\C)c1cc(-c2nccs2)c2oc(N3CC4CCC(C3)N4C(=O)OC(C)(C)C)nc2c1OC(F)(F)F. The van der Waals surface area contributed by atoms with Crippen LogP contribution in [0.3, 0.4) is 0 Å². The molecule has 0 aliphatic carbocycles. The molecule has 2 bridgehead atoms. The Morgan fingerprint density at radius 2 is 1.90 bits per heavy atom. The number of ether oxygens (including phenoxy) is 2. The van der Waals surface area contributed by atoms with Crippen LogP contribution in [0.4, 0.5) is 24.0 Å². The van der Waals surface area contributed by atoms with E-state index in [1.165, 1.54) is 31.4 Å². The minimum atomic E-state index is -4.99. The van der Waals surface area contributed by atoms with E-state index in [9.17, 15) is 18.0 Å². The number of thiazole rings is 1. The van der Waals surface area contributed by atoms with Gasteiger partial charge >= 0.3 is 12.5 Å². The predicted molar refractivity (Wildman–Crippen MR) is 138 cm³/mol. The molecule has 4 heterocycles. The maximum absolute atomic E-state index is 13.6. The Labute approximate surface area is 226 Å². The largest absolute Gasteiger partial charge is 0.573 e. The van der Waals surface area contributed by atoms with Gasteiger partial charge in [0.25, 0.3) is 6.01 Å². The molecule has 10 nitrogen and oxygen atoms in total. The third-order valence-electron chi connectivity index (χ3n) is 6.46. The van der Waals surface area contributed by atoms with E-state index in [0.29, 0.717) is 23.7 Å². The van der Waals surface area contributed by atoms with E-state index < -0.39 is 17.7 Å². The number of fused-ring (bicyclic) bond motifs is 3. The molecule has 14 heteroatoms. The molecule has 210 valence electrons. The Bertz CT molecular complexity index is 1390. The zero-order valence-electron chi connectivity index (χ0n) is 22.0. The van der Waals surface area contributed by atoms with E-state index >= 15 is 0 Å². The van der Waals surface area contributed by atoms with Gasteiger partial charge in [-0.2, -0.15) is 4.98 Å². The summed E-state index contributed by atoms with van der Waals surface area (Å²) in [5.41, 5.74) is 0.0142. The van der Waals surface area contributed by atoms with Crippen LogP contribution in [0, 0.1) is 0 Å². The molecule has 0 spiro atoms. The maximum Gasteiger partial charge on any atom is 0.573 e. The summed E-state index contributed by atoms with van der Waals surface area (Å²) in [7, 11) is 1.30. The fourth-order valence-corrected chi connectivity index (χ4v) is 5.70. The van der Waals surface area contributed by atoms with Crippen LogP contribution in [0.1, 0.15) is 46.1 Å². The highest BCUT2D eigenvalue weighted by Gasteiger charge is 2.45. The number of oxime groups is 1. The standard InChI is InChI=1S/C25H28F3N5O5S/c1-13(31-35-5)16-10-17(21-29-8-9-39-21)19-18(20(16)37-25(26,27)28)30-22(36-19)32-11-14-6-7-15(12-32)33(14)23(34)38-24(2,3)4/h8-10,14-15H,6-7,11-12H2,1-5H3/b31-13+. The molecule has 1 aromatic carbocycles. The van der Waals surface area contributed by atoms with Gasteiger partial charge in [0.15, 0.2) is 16.8 Å². The summed E-state index contributed by atoms with van der Waals surface area (Å²) >= 11 is 1.30. The number of aromatic nitrogens is 2. The summed E-state index contributed by atoms with van der Waals surface area (Å²) in [4.78, 5) is 30.1. The lowest BCUT2D eigenvalue weighted by Gasteiger charge is -2.40. The number of carbonyl (C=O) groups excluding carboxylic acids is 1. The lowest BCUT2D eigenvalue weighted by Crippen LogP contribution is -2.56. The Kier molecular flexibility index (Phi) is 6.85. The van der Waals surface area contributed by atoms with Crippen LogP contribution >= 0.6 is 11.3 Å². The number of halogens is 3. The van der Waals surface area contributed by atoms with Crippen LogP contribution in [-0.2, 0) is 9.57 Å². The second-order valence-corrected chi connectivity index (χ2v) is 11.3. The average molecular weight is 568 g/mol. The van der Waals surface area contributed by atoms with Gasteiger partial charge in [0.2, 0.25) is 0 Å². The minimum absolute atomic E-state index is 0.0431. The van der Waals surface area contributed by atoms with E-state index in [1.807, 2.05) is 25.7 Å². The molecular weight excluding hydrogens is 539 g/mol. The van der Waals surface area contributed by atoms with Gasteiger partial charge in [0.1, 0.15) is 17.7 Å². The number of piperazine rings is 1. The Hall–Kier alpha value is -3.55. The van der Waals surface area contributed by atoms with E-state index in [0.717, 1.165) is 12.8 Å². The molecule has 2 unspecified atom stereocenters. The molecular formula is C25H28F3N5O5S. The van der Waals surface area contributed by atoms with Gasteiger partial charge in [0, 0.05) is 30.2 Å². The first-order chi connectivity index (χ1) is 18.3. The zero-order valence-corrected chi connectivity index (χ0v) is 22.9. The van der Waals surface area contributed by atoms with Gasteiger partial charge in [-0.25, -0.2) is 9.78 Å². The minimum Gasteiger partial charge on any atom is -0.444 e. The van der Waals surface area contributed by atoms with Crippen LogP contribution in [0.15, 0.2) is 27.2 Å². The van der Waals surface area contributed by atoms with Crippen molar-refractivity contribution in [1.29, 1.82) is 0 Å². The first kappa shape index (κ1) is 27.0. The third kappa shape index (κ3) is 5.47. The predicted octanol–water partition coefficient (Wildman–Crippen LogP) is 5.81. The summed E-state index contributed by atoms with van der Waals surface area (Å²) in [6.07, 6.45) is -2.24. The van der Waals surface area contributed by atoms with Crippen molar-refractivity contribution >= 4 is 40.3 Å². The maximum atomic E-state index is 13.6. The highest BCUT2D eigenvalue weighted by Crippen LogP contribution is 2.43. The second kappa shape index (κ2) is 9.88. The number of hydrogen-bond donors (Lipinski definition) is 0. The Morgan fingerprint density at radius 3 is 2.46 bits per heavy atom. The summed E-state index contributed by atoms with van der Waals surface area (Å²) < 4.78 is 56.9. The highest BCUT2D eigenvalue weighted by molar-refractivity contribution is 7.13. The third-order valence-corrected chi connectivity index (χ3v) is 7.27. The number of amides is 1. The smallest absolute Gasteiger partial charge is 0.444 e. The number of carbonyl (C=O) groups is 1. The lowest BCUT2D eigenvalue weighted by molar-refractivity contribution is -0.274. The molecule has 2 saturated heterocycles. The van der Waals surface area contributed by atoms with Crippen LogP contribution < -0.4 is 9.64 Å². The molecule has 2 aliphatic heterocycles. The van der Waals surface area contributed by atoms with Gasteiger partial charge in [-0.05, 0) is 46.6 Å². The van der Waals surface area contributed by atoms with Gasteiger partial charge in [-0.15, -0.1) is 24.5 Å². The number of nitrogens with zero attached hydrogens (tertiary/aromatic N) is 5. The van der Waals surface area contributed by atoms with Crippen molar-refractivity contribution < 1.29 is 36.7 Å². The van der Waals surface area contributed by atoms with Gasteiger partial charge in [-0.1, -0.05) is 5.16 Å². The number of hydrogen-bond acceptors (Lipinski definition) is 10. The number of benzene rings is 1. The van der Waals surface area contributed by atoms with Crippen molar-refractivity contribution in [3.8, 4) is 16.3 Å². The van der Waals surface area contributed by atoms with Crippen molar-refractivity contribution in [3.05, 3.63) is 23.2 Å². The molecule has 3 aromatic rings. The van der Waals surface area contributed by atoms with E-state index in [4.69, 9.17) is 14.0 Å². The molecule has 0 radical (unpaired) electrons. The zero-order chi connectivity index (χ0) is 28.1. The quantitative estimate of drug-likeness (QED) is 0.281. The van der Waals surface area contributed by atoms with Crippen molar-refractivity contribution in [3.63, 3.8) is 0 Å². The van der Waals surface area contributed by atoms with Gasteiger partial charge in [-0.3, -0.25) is 4.90 Å². The Morgan fingerprint density at radius 1 is 1.21 bits per heavy atom. The molecule has 0 N–H and O–H groups in total. The first-order valence-electron chi connectivity index (χ1n) is 12.3. The average Bonchev–Trinajstić information content (AvgIpc) is 3.56. The van der Waals surface area contributed by atoms with Crippen LogP contribution in [-0.4, -0.2) is 70.9 Å². The van der Waals surface area contributed by atoms with Crippen LogP contribution in [0.5, 0.6) is 5.75 Å². The Balaban J connectivity index is 1.58.